The van der Waals surface area contributed by atoms with Crippen molar-refractivity contribution in [3.8, 4) is 11.1 Å². The van der Waals surface area contributed by atoms with Crippen LogP contribution in [0.2, 0.25) is 0 Å². The van der Waals surface area contributed by atoms with Crippen molar-refractivity contribution >= 4 is 23.8 Å². The fourth-order valence-corrected chi connectivity index (χ4v) is 4.50. The van der Waals surface area contributed by atoms with Gasteiger partial charge in [0.2, 0.25) is 0 Å². The predicted molar refractivity (Wildman–Crippen MR) is 130 cm³/mol. The Hall–Kier alpha value is -4.14. The second kappa shape index (κ2) is 9.61. The summed E-state index contributed by atoms with van der Waals surface area (Å²) in [6, 6.07) is 17.5. The Kier molecular flexibility index (Phi) is 6.59. The van der Waals surface area contributed by atoms with Gasteiger partial charge in [-0.2, -0.15) is 5.10 Å². The number of aromatic nitrogens is 2. The van der Waals surface area contributed by atoms with Gasteiger partial charge >= 0.3 is 12.1 Å². The molecule has 4 rings (SSSR count). The topological polar surface area (TPSA) is 123 Å². The maximum absolute atomic E-state index is 12.7. The highest BCUT2D eigenvalue weighted by Gasteiger charge is 2.37. The van der Waals surface area contributed by atoms with E-state index in [1.54, 1.807) is 20.9 Å². The molecular formula is C26H28N4O5. The molecule has 0 saturated heterocycles. The second-order valence-corrected chi connectivity index (χ2v) is 8.54. The van der Waals surface area contributed by atoms with Gasteiger partial charge in [-0.3, -0.25) is 14.8 Å². The number of rotatable bonds is 8. The van der Waals surface area contributed by atoms with Gasteiger partial charge < -0.3 is 15.2 Å². The van der Waals surface area contributed by atoms with E-state index in [4.69, 9.17) is 4.74 Å². The van der Waals surface area contributed by atoms with E-state index in [1.807, 2.05) is 36.4 Å². The van der Waals surface area contributed by atoms with Gasteiger partial charge in [-0.1, -0.05) is 62.4 Å². The van der Waals surface area contributed by atoms with E-state index in [9.17, 15) is 19.5 Å². The number of fused-ring (bicyclic) bond motifs is 3. The largest absolute Gasteiger partial charge is 0.480 e. The zero-order valence-electron chi connectivity index (χ0n) is 19.9. The van der Waals surface area contributed by atoms with Crippen LogP contribution in [0.25, 0.3) is 11.1 Å². The lowest BCUT2D eigenvalue weighted by atomic mass is 9.93. The Morgan fingerprint density at radius 2 is 1.60 bits per heavy atom. The second-order valence-electron chi connectivity index (χ2n) is 8.54. The molecule has 0 radical (unpaired) electrons. The molecular weight excluding hydrogens is 448 g/mol. The first-order valence-corrected chi connectivity index (χ1v) is 11.5. The lowest BCUT2D eigenvalue weighted by Gasteiger charge is -2.27. The summed E-state index contributed by atoms with van der Waals surface area (Å²) in [5, 5.41) is 18.8. The number of carbonyl (C=O) groups is 3. The fraction of sp³-hybridized carbons (Fsp3) is 0.308. The molecule has 0 aliphatic heterocycles. The minimum absolute atomic E-state index is 0.00558. The van der Waals surface area contributed by atoms with Crippen molar-refractivity contribution in [1.82, 2.24) is 15.1 Å². The molecule has 3 aromatic rings. The predicted octanol–water partition coefficient (Wildman–Crippen LogP) is 4.15. The van der Waals surface area contributed by atoms with Crippen LogP contribution < -0.4 is 10.6 Å². The van der Waals surface area contributed by atoms with Crippen LogP contribution in [0.1, 0.15) is 54.2 Å². The van der Waals surface area contributed by atoms with Crippen LogP contribution in [0.4, 0.5) is 10.6 Å². The molecule has 9 heteroatoms. The van der Waals surface area contributed by atoms with Gasteiger partial charge in [-0.05, 0) is 35.1 Å². The minimum Gasteiger partial charge on any atom is -0.480 e. The number of ether oxygens (including phenoxy) is 1. The number of carboxylic acid groups (broad SMARTS) is 1. The van der Waals surface area contributed by atoms with E-state index < -0.39 is 23.5 Å². The Morgan fingerprint density at radius 1 is 1.03 bits per heavy atom. The number of nitrogens with zero attached hydrogens (tertiary/aromatic N) is 2. The van der Waals surface area contributed by atoms with Crippen LogP contribution in [-0.2, 0) is 16.6 Å². The number of carboxylic acids is 1. The quantitative estimate of drug-likeness (QED) is 0.449. The molecule has 0 atom stereocenters. The average molecular weight is 477 g/mol. The smallest absolute Gasteiger partial charge is 0.412 e. The van der Waals surface area contributed by atoms with Crippen molar-refractivity contribution in [3.05, 3.63) is 71.4 Å². The lowest BCUT2D eigenvalue weighted by molar-refractivity contribution is -0.144. The molecule has 2 aromatic carbocycles. The molecule has 0 unspecified atom stereocenters. The zero-order valence-corrected chi connectivity index (χ0v) is 19.9. The van der Waals surface area contributed by atoms with Gasteiger partial charge in [-0.15, -0.1) is 0 Å². The van der Waals surface area contributed by atoms with Crippen molar-refractivity contribution in [2.45, 2.75) is 38.1 Å². The summed E-state index contributed by atoms with van der Waals surface area (Å²) in [5.74, 6) is -1.56. The number of carbonyl (C=O) groups excluding carboxylic acids is 2. The summed E-state index contributed by atoms with van der Waals surface area (Å²) < 4.78 is 6.88. The third kappa shape index (κ3) is 4.49. The minimum atomic E-state index is -1.38. The molecule has 0 saturated carbocycles. The van der Waals surface area contributed by atoms with Gasteiger partial charge in [-0.25, -0.2) is 9.59 Å². The van der Waals surface area contributed by atoms with Crippen molar-refractivity contribution in [1.29, 1.82) is 0 Å². The summed E-state index contributed by atoms with van der Waals surface area (Å²) >= 11 is 0. The van der Waals surface area contributed by atoms with Crippen LogP contribution in [0.3, 0.4) is 0 Å². The van der Waals surface area contributed by atoms with Crippen molar-refractivity contribution < 1.29 is 24.2 Å². The monoisotopic (exact) mass is 476 g/mol. The van der Waals surface area contributed by atoms with Crippen molar-refractivity contribution in [2.75, 3.05) is 11.9 Å². The summed E-state index contributed by atoms with van der Waals surface area (Å²) in [7, 11) is 1.57. The number of hydrogen-bond donors (Lipinski definition) is 3. The molecule has 1 aromatic heterocycles. The van der Waals surface area contributed by atoms with E-state index in [-0.39, 0.29) is 36.9 Å². The molecule has 1 aliphatic rings. The molecule has 182 valence electrons. The maximum atomic E-state index is 12.7. The van der Waals surface area contributed by atoms with Crippen LogP contribution in [-0.4, -0.2) is 45.0 Å². The fourth-order valence-electron chi connectivity index (χ4n) is 4.50. The Morgan fingerprint density at radius 3 is 2.14 bits per heavy atom. The number of amides is 2. The first-order valence-electron chi connectivity index (χ1n) is 11.5. The average Bonchev–Trinajstić information content (AvgIpc) is 3.38. The molecule has 1 aliphatic carbocycles. The first kappa shape index (κ1) is 24.0. The standard InChI is InChI=1S/C26H28N4O5/c1-4-26(5-2,24(32)33)28-23(31)21-14-22(30(3)29-21)27-25(34)35-15-20-18-12-8-6-10-16(18)17-11-7-9-13-19(17)20/h6-14,20H,4-5,15H2,1-3H3,(H,27,34)(H,28,31)(H,32,33). The maximum Gasteiger partial charge on any atom is 0.412 e. The van der Waals surface area contributed by atoms with Crippen molar-refractivity contribution in [2.24, 2.45) is 7.05 Å². The Balaban J connectivity index is 1.43. The van der Waals surface area contributed by atoms with Gasteiger partial charge in [0, 0.05) is 19.0 Å². The molecule has 0 spiro atoms. The van der Waals surface area contributed by atoms with Gasteiger partial charge in [0.1, 0.15) is 18.0 Å². The highest BCUT2D eigenvalue weighted by atomic mass is 16.5. The van der Waals surface area contributed by atoms with Crippen LogP contribution in [0.5, 0.6) is 0 Å². The number of benzene rings is 2. The van der Waals surface area contributed by atoms with E-state index in [2.05, 4.69) is 27.9 Å². The molecule has 0 bridgehead atoms. The molecule has 1 heterocycles. The number of aliphatic carboxylic acids is 1. The summed E-state index contributed by atoms with van der Waals surface area (Å²) in [6.45, 7) is 3.54. The molecule has 2 amide bonds. The van der Waals surface area contributed by atoms with Gasteiger partial charge in [0.25, 0.3) is 5.91 Å². The van der Waals surface area contributed by atoms with E-state index >= 15 is 0 Å². The lowest BCUT2D eigenvalue weighted by Crippen LogP contribution is -2.53. The summed E-state index contributed by atoms with van der Waals surface area (Å²) in [4.78, 5) is 36.9. The van der Waals surface area contributed by atoms with Gasteiger partial charge in [0.15, 0.2) is 5.69 Å². The van der Waals surface area contributed by atoms with Gasteiger partial charge in [0.05, 0.1) is 0 Å². The summed E-state index contributed by atoms with van der Waals surface area (Å²) in [5.41, 5.74) is 3.10. The highest BCUT2D eigenvalue weighted by molar-refractivity contribution is 5.97. The van der Waals surface area contributed by atoms with E-state index in [1.165, 1.54) is 10.7 Å². The number of hydrogen-bond acceptors (Lipinski definition) is 5. The number of aryl methyl sites for hydroxylation is 1. The molecule has 9 nitrogen and oxygen atoms in total. The molecule has 35 heavy (non-hydrogen) atoms. The molecule has 3 N–H and O–H groups in total. The Bertz CT molecular complexity index is 1230. The van der Waals surface area contributed by atoms with Crippen molar-refractivity contribution in [3.63, 3.8) is 0 Å². The SMILES string of the molecule is CCC(CC)(NC(=O)c1cc(NC(=O)OCC2c3ccccc3-c3ccccc32)n(C)n1)C(=O)O. The van der Waals surface area contributed by atoms with E-state index in [0.29, 0.717) is 0 Å². The zero-order chi connectivity index (χ0) is 25.2. The first-order chi connectivity index (χ1) is 16.8. The number of anilines is 1. The normalized spacial score (nSPS) is 12.5. The third-order valence-electron chi connectivity index (χ3n) is 6.66. The summed E-state index contributed by atoms with van der Waals surface area (Å²) in [6.07, 6.45) is -0.228. The van der Waals surface area contributed by atoms with Crippen LogP contribution in [0, 0.1) is 0 Å². The van der Waals surface area contributed by atoms with E-state index in [0.717, 1.165) is 22.3 Å². The third-order valence-corrected chi connectivity index (χ3v) is 6.66. The van der Waals surface area contributed by atoms with Crippen LogP contribution in [0.15, 0.2) is 54.6 Å². The van der Waals surface area contributed by atoms with Crippen LogP contribution >= 0.6 is 0 Å². The highest BCUT2D eigenvalue weighted by Crippen LogP contribution is 2.44. The Labute approximate surface area is 203 Å². The molecule has 0 fully saturated rings. The number of nitrogens with one attached hydrogen (secondary N) is 2.